The van der Waals surface area contributed by atoms with Gasteiger partial charge in [-0.05, 0) is 33.4 Å². The third-order valence-corrected chi connectivity index (χ3v) is 2.02. The first-order valence-electron chi connectivity index (χ1n) is 5.26. The summed E-state index contributed by atoms with van der Waals surface area (Å²) < 4.78 is 0. The Bertz CT molecular complexity index is 171. The Morgan fingerprint density at radius 1 is 1.29 bits per heavy atom. The molecule has 0 aromatic rings. The van der Waals surface area contributed by atoms with E-state index in [1.165, 1.54) is 0 Å². The lowest BCUT2D eigenvalue weighted by atomic mass is 10.0. The number of nitrogens with one attached hydrogen (secondary N) is 1. The molecule has 0 spiro atoms. The van der Waals surface area contributed by atoms with Gasteiger partial charge in [0.1, 0.15) is 0 Å². The fourth-order valence-corrected chi connectivity index (χ4v) is 1.60. The quantitative estimate of drug-likeness (QED) is 0.701. The second kappa shape index (κ2) is 6.80. The molecule has 0 aliphatic rings. The zero-order valence-corrected chi connectivity index (χ0v) is 10.0. The third-order valence-electron chi connectivity index (χ3n) is 2.02. The number of hydrogen-bond donors (Lipinski definition) is 1. The van der Waals surface area contributed by atoms with Crippen LogP contribution in [0.1, 0.15) is 27.2 Å². The van der Waals surface area contributed by atoms with Crippen molar-refractivity contribution in [3.05, 3.63) is 0 Å². The van der Waals surface area contributed by atoms with Crippen LogP contribution in [0, 0.1) is 17.2 Å². The SMILES string of the molecule is CC(C)CC(CN(C)C)NC(C)C#N. The molecule has 14 heavy (non-hydrogen) atoms. The maximum absolute atomic E-state index is 8.73. The molecule has 0 rings (SSSR count). The lowest BCUT2D eigenvalue weighted by Gasteiger charge is -2.25. The molecule has 0 aliphatic heterocycles. The van der Waals surface area contributed by atoms with Crippen LogP contribution in [0.15, 0.2) is 0 Å². The highest BCUT2D eigenvalue weighted by molar-refractivity contribution is 4.88. The Morgan fingerprint density at radius 2 is 1.86 bits per heavy atom. The van der Waals surface area contributed by atoms with E-state index >= 15 is 0 Å². The van der Waals surface area contributed by atoms with Gasteiger partial charge >= 0.3 is 0 Å². The Kier molecular flexibility index (Phi) is 6.52. The molecule has 0 amide bonds. The molecule has 0 heterocycles. The minimum Gasteiger partial charge on any atom is -0.308 e. The molecule has 3 heteroatoms. The maximum Gasteiger partial charge on any atom is 0.0927 e. The monoisotopic (exact) mass is 197 g/mol. The molecule has 0 aromatic carbocycles. The largest absolute Gasteiger partial charge is 0.308 e. The van der Waals surface area contributed by atoms with Gasteiger partial charge in [0.2, 0.25) is 0 Å². The van der Waals surface area contributed by atoms with E-state index in [9.17, 15) is 0 Å². The average molecular weight is 197 g/mol. The van der Waals surface area contributed by atoms with Crippen molar-refractivity contribution in [2.75, 3.05) is 20.6 Å². The summed E-state index contributed by atoms with van der Waals surface area (Å²) in [6.45, 7) is 7.32. The van der Waals surface area contributed by atoms with Crippen LogP contribution in [0.2, 0.25) is 0 Å². The third kappa shape index (κ3) is 6.88. The zero-order chi connectivity index (χ0) is 11.1. The molecule has 2 unspecified atom stereocenters. The lowest BCUT2D eigenvalue weighted by Crippen LogP contribution is -2.43. The molecule has 0 bridgehead atoms. The molecule has 82 valence electrons. The molecule has 0 saturated carbocycles. The Balaban J connectivity index is 4.04. The van der Waals surface area contributed by atoms with Gasteiger partial charge in [0.25, 0.3) is 0 Å². The summed E-state index contributed by atoms with van der Waals surface area (Å²) in [5.41, 5.74) is 0. The summed E-state index contributed by atoms with van der Waals surface area (Å²) in [6.07, 6.45) is 1.12. The fraction of sp³-hybridized carbons (Fsp3) is 0.909. The van der Waals surface area contributed by atoms with Gasteiger partial charge in [0.15, 0.2) is 0 Å². The van der Waals surface area contributed by atoms with Crippen molar-refractivity contribution in [3.63, 3.8) is 0 Å². The van der Waals surface area contributed by atoms with Gasteiger partial charge in [-0.2, -0.15) is 5.26 Å². The molecule has 0 aliphatic carbocycles. The normalized spacial score (nSPS) is 15.6. The van der Waals surface area contributed by atoms with E-state index < -0.39 is 0 Å². The van der Waals surface area contributed by atoms with Crippen LogP contribution < -0.4 is 5.32 Å². The Hall–Kier alpha value is -0.590. The van der Waals surface area contributed by atoms with Crippen LogP contribution >= 0.6 is 0 Å². The van der Waals surface area contributed by atoms with Gasteiger partial charge in [-0.15, -0.1) is 0 Å². The van der Waals surface area contributed by atoms with E-state index in [-0.39, 0.29) is 6.04 Å². The first-order chi connectivity index (χ1) is 6.45. The van der Waals surface area contributed by atoms with Gasteiger partial charge in [-0.25, -0.2) is 0 Å². The second-order valence-corrected chi connectivity index (χ2v) is 4.61. The summed E-state index contributed by atoms with van der Waals surface area (Å²) in [5, 5.41) is 12.1. The molecule has 1 N–H and O–H groups in total. The van der Waals surface area contributed by atoms with Gasteiger partial charge in [-0.3, -0.25) is 5.32 Å². The van der Waals surface area contributed by atoms with Crippen molar-refractivity contribution in [1.82, 2.24) is 10.2 Å². The van der Waals surface area contributed by atoms with Crippen molar-refractivity contribution in [1.29, 1.82) is 5.26 Å². The Morgan fingerprint density at radius 3 is 2.21 bits per heavy atom. The van der Waals surface area contributed by atoms with Gasteiger partial charge < -0.3 is 4.90 Å². The molecule has 0 saturated heterocycles. The highest BCUT2D eigenvalue weighted by Gasteiger charge is 2.13. The number of nitrogens with zero attached hydrogens (tertiary/aromatic N) is 2. The topological polar surface area (TPSA) is 39.1 Å². The summed E-state index contributed by atoms with van der Waals surface area (Å²) in [7, 11) is 4.12. The van der Waals surface area contributed by atoms with Gasteiger partial charge in [-0.1, -0.05) is 13.8 Å². The highest BCUT2D eigenvalue weighted by Crippen LogP contribution is 2.06. The van der Waals surface area contributed by atoms with E-state index in [0.29, 0.717) is 12.0 Å². The summed E-state index contributed by atoms with van der Waals surface area (Å²) in [6, 6.07) is 2.57. The van der Waals surface area contributed by atoms with Crippen LogP contribution in [0.5, 0.6) is 0 Å². The number of nitriles is 1. The van der Waals surface area contributed by atoms with Crippen molar-refractivity contribution in [3.8, 4) is 6.07 Å². The molecular weight excluding hydrogens is 174 g/mol. The van der Waals surface area contributed by atoms with Crippen LogP contribution in [0.25, 0.3) is 0 Å². The van der Waals surface area contributed by atoms with Crippen molar-refractivity contribution in [2.24, 2.45) is 5.92 Å². The molecule has 0 radical (unpaired) electrons. The lowest BCUT2D eigenvalue weighted by molar-refractivity contribution is 0.300. The van der Waals surface area contributed by atoms with Crippen LogP contribution in [0.4, 0.5) is 0 Å². The average Bonchev–Trinajstić information content (AvgIpc) is 2.01. The highest BCUT2D eigenvalue weighted by atomic mass is 15.1. The van der Waals surface area contributed by atoms with Crippen LogP contribution in [-0.2, 0) is 0 Å². The molecule has 2 atom stereocenters. The minimum absolute atomic E-state index is 0.0568. The van der Waals surface area contributed by atoms with Crippen molar-refractivity contribution >= 4 is 0 Å². The smallest absolute Gasteiger partial charge is 0.0927 e. The standard InChI is InChI=1S/C11H23N3/c1-9(2)6-11(8-14(4)5)13-10(3)7-12/h9-11,13H,6,8H2,1-5H3. The number of hydrogen-bond acceptors (Lipinski definition) is 3. The maximum atomic E-state index is 8.73. The molecular formula is C11H23N3. The first-order valence-corrected chi connectivity index (χ1v) is 5.26. The van der Waals surface area contributed by atoms with E-state index in [4.69, 9.17) is 5.26 Å². The summed E-state index contributed by atoms with van der Waals surface area (Å²) >= 11 is 0. The Labute approximate surface area is 88.1 Å². The molecule has 3 nitrogen and oxygen atoms in total. The van der Waals surface area contributed by atoms with E-state index in [1.807, 2.05) is 6.92 Å². The molecule has 0 fully saturated rings. The number of likely N-dealkylation sites (N-methyl/N-ethyl adjacent to an activating group) is 1. The first kappa shape index (κ1) is 13.4. The van der Waals surface area contributed by atoms with Crippen LogP contribution in [-0.4, -0.2) is 37.6 Å². The second-order valence-electron chi connectivity index (χ2n) is 4.61. The van der Waals surface area contributed by atoms with E-state index in [2.05, 4.69) is 44.2 Å². The van der Waals surface area contributed by atoms with E-state index in [0.717, 1.165) is 13.0 Å². The summed E-state index contributed by atoms with van der Waals surface area (Å²) in [5.74, 6) is 0.665. The van der Waals surface area contributed by atoms with Crippen molar-refractivity contribution in [2.45, 2.75) is 39.3 Å². The van der Waals surface area contributed by atoms with Crippen molar-refractivity contribution < 1.29 is 0 Å². The summed E-state index contributed by atoms with van der Waals surface area (Å²) in [4.78, 5) is 2.16. The minimum atomic E-state index is -0.0568. The fourth-order valence-electron chi connectivity index (χ4n) is 1.60. The van der Waals surface area contributed by atoms with E-state index in [1.54, 1.807) is 0 Å². The predicted molar refractivity (Wildman–Crippen MR) is 60.0 cm³/mol. The van der Waals surface area contributed by atoms with Crippen LogP contribution in [0.3, 0.4) is 0 Å². The number of rotatable bonds is 6. The van der Waals surface area contributed by atoms with Gasteiger partial charge in [0, 0.05) is 12.6 Å². The zero-order valence-electron chi connectivity index (χ0n) is 10.0. The molecule has 0 aromatic heterocycles. The van der Waals surface area contributed by atoms with Gasteiger partial charge in [0.05, 0.1) is 12.1 Å². The predicted octanol–water partition coefficient (Wildman–Crippen LogP) is 1.46.